The molecular weight excluding hydrogens is 262 g/mol. The van der Waals surface area contributed by atoms with E-state index >= 15 is 0 Å². The molecule has 3 rings (SSSR count). The third-order valence-corrected chi connectivity index (χ3v) is 3.87. The fraction of sp³-hybridized carbons (Fsp3) is 0.222. The zero-order chi connectivity index (χ0) is 14.7. The zero-order valence-electron chi connectivity index (χ0n) is 11.7. The van der Waals surface area contributed by atoms with E-state index in [9.17, 15) is 9.59 Å². The maximum Gasteiger partial charge on any atom is 0.224 e. The predicted molar refractivity (Wildman–Crippen MR) is 81.1 cm³/mol. The molecule has 0 heterocycles. The maximum atomic E-state index is 12.1. The van der Waals surface area contributed by atoms with Gasteiger partial charge in [-0.25, -0.2) is 0 Å². The molecule has 1 saturated carbocycles. The van der Waals surface area contributed by atoms with Crippen molar-refractivity contribution in [3.8, 4) is 0 Å². The minimum absolute atomic E-state index is 0.0102. The van der Waals surface area contributed by atoms with Crippen molar-refractivity contribution in [2.45, 2.75) is 12.3 Å². The number of benzene rings is 2. The zero-order valence-corrected chi connectivity index (χ0v) is 11.7. The Hall–Kier alpha value is -2.42. The molecule has 2 aromatic rings. The van der Waals surface area contributed by atoms with Crippen molar-refractivity contribution in [1.29, 1.82) is 0 Å². The first kappa shape index (κ1) is 13.6. The molecule has 0 bridgehead atoms. The Morgan fingerprint density at radius 1 is 0.952 bits per heavy atom. The van der Waals surface area contributed by atoms with Crippen LogP contribution in [-0.4, -0.2) is 18.2 Å². The van der Waals surface area contributed by atoms with E-state index in [1.54, 1.807) is 12.1 Å². The van der Waals surface area contributed by atoms with Crippen LogP contribution in [0.3, 0.4) is 0 Å². The number of rotatable bonds is 5. The number of carbonyl (C=O) groups excluding carboxylic acids is 2. The molecule has 2 unspecified atom stereocenters. The monoisotopic (exact) mass is 279 g/mol. The van der Waals surface area contributed by atoms with Crippen molar-refractivity contribution >= 4 is 11.7 Å². The molecule has 106 valence electrons. The first-order valence-electron chi connectivity index (χ1n) is 7.16. The predicted octanol–water partition coefficient (Wildman–Crippen LogP) is 2.79. The van der Waals surface area contributed by atoms with E-state index in [4.69, 9.17) is 0 Å². The number of hydrogen-bond donors (Lipinski definition) is 1. The Morgan fingerprint density at radius 3 is 2.24 bits per heavy atom. The minimum atomic E-state index is -0.0548. The van der Waals surface area contributed by atoms with E-state index in [1.165, 1.54) is 5.56 Å². The third kappa shape index (κ3) is 3.19. The van der Waals surface area contributed by atoms with Crippen LogP contribution in [0.4, 0.5) is 0 Å². The smallest absolute Gasteiger partial charge is 0.224 e. The lowest BCUT2D eigenvalue weighted by Crippen LogP contribution is -2.31. The van der Waals surface area contributed by atoms with Crippen molar-refractivity contribution in [2.24, 2.45) is 5.92 Å². The van der Waals surface area contributed by atoms with Crippen LogP contribution in [0.2, 0.25) is 0 Å². The van der Waals surface area contributed by atoms with Crippen molar-refractivity contribution in [1.82, 2.24) is 5.32 Å². The van der Waals surface area contributed by atoms with Gasteiger partial charge in [-0.3, -0.25) is 9.59 Å². The summed E-state index contributed by atoms with van der Waals surface area (Å²) in [4.78, 5) is 24.0. The molecule has 3 nitrogen and oxygen atoms in total. The fourth-order valence-electron chi connectivity index (χ4n) is 2.58. The average Bonchev–Trinajstić information content (AvgIpc) is 3.35. The van der Waals surface area contributed by atoms with Crippen molar-refractivity contribution < 1.29 is 9.59 Å². The van der Waals surface area contributed by atoms with Gasteiger partial charge in [-0.15, -0.1) is 0 Å². The van der Waals surface area contributed by atoms with Crippen LogP contribution >= 0.6 is 0 Å². The summed E-state index contributed by atoms with van der Waals surface area (Å²) in [6, 6.07) is 19.1. The van der Waals surface area contributed by atoms with Crippen molar-refractivity contribution in [2.75, 3.05) is 6.54 Å². The number of Topliss-reactive ketones (excluding diaryl/α,β-unsaturated/α-hetero) is 1. The maximum absolute atomic E-state index is 12.1. The molecule has 0 saturated heterocycles. The van der Waals surface area contributed by atoms with Gasteiger partial charge in [0.15, 0.2) is 5.78 Å². The standard InChI is InChI=1S/C18H17NO2/c20-17(14-9-5-2-6-10-14)12-19-18(21)16-11-15(16)13-7-3-1-4-8-13/h1-10,15-16H,11-12H2,(H,19,21). The van der Waals surface area contributed by atoms with Crippen LogP contribution in [0, 0.1) is 5.92 Å². The highest BCUT2D eigenvalue weighted by Crippen LogP contribution is 2.47. The van der Waals surface area contributed by atoms with Crippen LogP contribution in [0.25, 0.3) is 0 Å². The van der Waals surface area contributed by atoms with Crippen molar-refractivity contribution in [3.63, 3.8) is 0 Å². The minimum Gasteiger partial charge on any atom is -0.348 e. The van der Waals surface area contributed by atoms with Gasteiger partial charge in [0.2, 0.25) is 5.91 Å². The molecule has 21 heavy (non-hydrogen) atoms. The number of nitrogens with one attached hydrogen (secondary N) is 1. The molecule has 1 aliphatic rings. The van der Waals surface area contributed by atoms with Crippen molar-refractivity contribution in [3.05, 3.63) is 71.8 Å². The van der Waals surface area contributed by atoms with Gasteiger partial charge in [0.1, 0.15) is 0 Å². The van der Waals surface area contributed by atoms with Crippen LogP contribution in [0.5, 0.6) is 0 Å². The largest absolute Gasteiger partial charge is 0.348 e. The summed E-state index contributed by atoms with van der Waals surface area (Å²) in [5.41, 5.74) is 1.83. The number of amides is 1. The molecule has 0 aliphatic heterocycles. The lowest BCUT2D eigenvalue weighted by Gasteiger charge is -2.04. The molecular formula is C18H17NO2. The number of hydrogen-bond acceptors (Lipinski definition) is 2. The lowest BCUT2D eigenvalue weighted by molar-refractivity contribution is -0.122. The molecule has 3 heteroatoms. The van der Waals surface area contributed by atoms with Gasteiger partial charge in [0, 0.05) is 11.5 Å². The third-order valence-electron chi connectivity index (χ3n) is 3.87. The SMILES string of the molecule is O=C(CNC(=O)C1CC1c1ccccc1)c1ccccc1. The topological polar surface area (TPSA) is 46.2 Å². The summed E-state index contributed by atoms with van der Waals surface area (Å²) in [7, 11) is 0. The summed E-state index contributed by atoms with van der Waals surface area (Å²) in [5, 5.41) is 2.75. The quantitative estimate of drug-likeness (QED) is 0.855. The Balaban J connectivity index is 1.51. The highest BCUT2D eigenvalue weighted by atomic mass is 16.2. The average molecular weight is 279 g/mol. The van der Waals surface area contributed by atoms with Gasteiger partial charge in [-0.2, -0.15) is 0 Å². The van der Waals surface area contributed by atoms with E-state index in [0.717, 1.165) is 6.42 Å². The van der Waals surface area contributed by atoms with E-state index < -0.39 is 0 Å². The summed E-state index contributed by atoms with van der Waals surface area (Å²) < 4.78 is 0. The number of carbonyl (C=O) groups is 2. The summed E-state index contributed by atoms with van der Waals surface area (Å²) >= 11 is 0. The molecule has 0 aromatic heterocycles. The van der Waals surface area contributed by atoms with Crippen LogP contribution < -0.4 is 5.32 Å². The van der Waals surface area contributed by atoms with E-state index in [1.807, 2.05) is 48.5 Å². The Kier molecular flexibility index (Phi) is 3.82. The highest BCUT2D eigenvalue weighted by Gasteiger charge is 2.43. The van der Waals surface area contributed by atoms with Gasteiger partial charge in [-0.05, 0) is 17.9 Å². The second-order valence-electron chi connectivity index (χ2n) is 5.37. The highest BCUT2D eigenvalue weighted by molar-refractivity contribution is 5.99. The van der Waals surface area contributed by atoms with Gasteiger partial charge in [0.05, 0.1) is 6.54 Å². The van der Waals surface area contributed by atoms with Crippen LogP contribution in [0.1, 0.15) is 28.3 Å². The van der Waals surface area contributed by atoms with E-state index in [2.05, 4.69) is 5.32 Å². The Labute approximate surface area is 124 Å². The van der Waals surface area contributed by atoms with Crippen LogP contribution in [0.15, 0.2) is 60.7 Å². The van der Waals surface area contributed by atoms with Gasteiger partial charge < -0.3 is 5.32 Å². The summed E-state index contributed by atoms with van der Waals surface area (Å²) in [5.74, 6) is 0.239. The molecule has 2 atom stereocenters. The first-order valence-corrected chi connectivity index (χ1v) is 7.16. The normalized spacial score (nSPS) is 19.8. The molecule has 1 aliphatic carbocycles. The van der Waals surface area contributed by atoms with E-state index in [-0.39, 0.29) is 24.2 Å². The lowest BCUT2D eigenvalue weighted by atomic mass is 10.1. The summed E-state index contributed by atoms with van der Waals surface area (Å²) in [6.07, 6.45) is 0.870. The molecule has 2 aromatic carbocycles. The molecule has 0 spiro atoms. The Bertz CT molecular complexity index is 637. The van der Waals surface area contributed by atoms with E-state index in [0.29, 0.717) is 11.5 Å². The van der Waals surface area contributed by atoms with Gasteiger partial charge in [-0.1, -0.05) is 60.7 Å². The molecule has 1 N–H and O–H groups in total. The fourth-order valence-corrected chi connectivity index (χ4v) is 2.58. The second kappa shape index (κ2) is 5.92. The molecule has 1 fully saturated rings. The van der Waals surface area contributed by atoms with Gasteiger partial charge >= 0.3 is 0 Å². The molecule has 1 amide bonds. The molecule has 0 radical (unpaired) electrons. The van der Waals surface area contributed by atoms with Gasteiger partial charge in [0.25, 0.3) is 0 Å². The summed E-state index contributed by atoms with van der Waals surface area (Å²) in [6.45, 7) is 0.0703. The van der Waals surface area contributed by atoms with Crippen LogP contribution in [-0.2, 0) is 4.79 Å². The number of ketones is 1. The second-order valence-corrected chi connectivity index (χ2v) is 5.37. The Morgan fingerprint density at radius 2 is 1.57 bits per heavy atom. The first-order chi connectivity index (χ1) is 10.3.